The Kier molecular flexibility index (Phi) is 11.6. The number of thioether (sulfide) groups is 1. The van der Waals surface area contributed by atoms with Crippen molar-refractivity contribution in [2.45, 2.75) is 18.9 Å². The van der Waals surface area contributed by atoms with E-state index in [1.165, 1.54) is 0 Å². The number of hydrogen-bond acceptors (Lipinski definition) is 6. The Morgan fingerprint density at radius 3 is 2.64 bits per heavy atom. The van der Waals surface area contributed by atoms with Gasteiger partial charge in [-0.3, -0.25) is 9.59 Å². The zero-order valence-corrected chi connectivity index (χ0v) is 18.3. The van der Waals surface area contributed by atoms with Crippen LogP contribution in [0.25, 0.3) is 0 Å². The van der Waals surface area contributed by atoms with Gasteiger partial charge in [0.05, 0.1) is 0 Å². The number of aromatic nitrogens is 1. The largest absolute Gasteiger partial charge is 0.356 e. The first kappa shape index (κ1) is 24.8. The number of rotatable bonds is 6. The number of nitrogens with one attached hydrogen (secondary N) is 2. The summed E-state index contributed by atoms with van der Waals surface area (Å²) >= 11 is 1.88. The third-order valence-electron chi connectivity index (χ3n) is 4.70. The Morgan fingerprint density at radius 2 is 2.00 bits per heavy atom. The van der Waals surface area contributed by atoms with Crippen molar-refractivity contribution in [3.05, 3.63) is 24.4 Å². The Balaban J connectivity index is 0.00000196. The second-order valence-corrected chi connectivity index (χ2v) is 7.74. The van der Waals surface area contributed by atoms with Gasteiger partial charge in [-0.1, -0.05) is 6.07 Å². The molecule has 1 atom stereocenters. The van der Waals surface area contributed by atoms with Gasteiger partial charge in [-0.2, -0.15) is 11.8 Å². The van der Waals surface area contributed by atoms with Gasteiger partial charge in [-0.25, -0.2) is 4.98 Å². The highest BCUT2D eigenvalue weighted by molar-refractivity contribution is 7.99. The van der Waals surface area contributed by atoms with E-state index in [9.17, 15) is 9.59 Å². The average molecular weight is 450 g/mol. The maximum absolute atomic E-state index is 12.3. The van der Waals surface area contributed by atoms with E-state index in [4.69, 9.17) is 0 Å². The molecule has 2 N–H and O–H groups in total. The molecule has 0 aromatic carbocycles. The molecule has 2 fully saturated rings. The van der Waals surface area contributed by atoms with Gasteiger partial charge >= 0.3 is 0 Å². The Morgan fingerprint density at radius 1 is 1.21 bits per heavy atom. The summed E-state index contributed by atoms with van der Waals surface area (Å²) < 4.78 is 0. The molecule has 3 rings (SSSR count). The van der Waals surface area contributed by atoms with Crippen LogP contribution in [0.2, 0.25) is 0 Å². The molecular weight excluding hydrogens is 421 g/mol. The number of carbonyl (C=O) groups excluding carboxylic acids is 2. The Bertz CT molecular complexity index is 597. The van der Waals surface area contributed by atoms with Crippen LogP contribution in [0.5, 0.6) is 0 Å². The van der Waals surface area contributed by atoms with E-state index in [0.717, 1.165) is 37.0 Å². The quantitative estimate of drug-likeness (QED) is 0.678. The minimum absolute atomic E-state index is 0. The summed E-state index contributed by atoms with van der Waals surface area (Å²) in [7, 11) is 0. The zero-order chi connectivity index (χ0) is 18.2. The molecule has 7 nitrogen and oxygen atoms in total. The van der Waals surface area contributed by atoms with E-state index < -0.39 is 0 Å². The SMILES string of the molecule is Cl.Cl.O=C(CC1CSCCN1)NCCC(=O)N1CCN(c2ccccn2)CC1. The molecule has 1 unspecified atom stereocenters. The maximum atomic E-state index is 12.3. The topological polar surface area (TPSA) is 77.6 Å². The van der Waals surface area contributed by atoms with Gasteiger partial charge in [0.15, 0.2) is 0 Å². The van der Waals surface area contributed by atoms with Gasteiger partial charge in [-0.15, -0.1) is 24.8 Å². The van der Waals surface area contributed by atoms with E-state index in [2.05, 4.69) is 20.5 Å². The van der Waals surface area contributed by atoms with Gasteiger partial charge in [0.1, 0.15) is 5.82 Å². The number of nitrogens with zero attached hydrogens (tertiary/aromatic N) is 3. The maximum Gasteiger partial charge on any atom is 0.224 e. The highest BCUT2D eigenvalue weighted by atomic mass is 35.5. The van der Waals surface area contributed by atoms with Crippen LogP contribution in [0, 0.1) is 0 Å². The van der Waals surface area contributed by atoms with Crippen molar-refractivity contribution in [1.29, 1.82) is 0 Å². The molecule has 2 aliphatic rings. The summed E-state index contributed by atoms with van der Waals surface area (Å²) in [4.78, 5) is 32.7. The number of carbonyl (C=O) groups is 2. The summed E-state index contributed by atoms with van der Waals surface area (Å²) in [5.41, 5.74) is 0. The van der Waals surface area contributed by atoms with Crippen LogP contribution in [-0.4, -0.2) is 78.5 Å². The molecule has 0 bridgehead atoms. The summed E-state index contributed by atoms with van der Waals surface area (Å²) in [5, 5.41) is 6.23. The van der Waals surface area contributed by atoms with Crippen molar-refractivity contribution in [2.75, 3.05) is 55.7 Å². The highest BCUT2D eigenvalue weighted by Crippen LogP contribution is 2.13. The van der Waals surface area contributed by atoms with Crippen LogP contribution >= 0.6 is 36.6 Å². The van der Waals surface area contributed by atoms with Crippen molar-refractivity contribution < 1.29 is 9.59 Å². The lowest BCUT2D eigenvalue weighted by atomic mass is 10.2. The second kappa shape index (κ2) is 13.1. The van der Waals surface area contributed by atoms with Crippen molar-refractivity contribution in [1.82, 2.24) is 20.5 Å². The Labute approximate surface area is 183 Å². The second-order valence-electron chi connectivity index (χ2n) is 6.59. The van der Waals surface area contributed by atoms with Crippen molar-refractivity contribution in [2.24, 2.45) is 0 Å². The normalized spacial score (nSPS) is 19.2. The van der Waals surface area contributed by atoms with Crippen LogP contribution in [0.4, 0.5) is 5.82 Å². The standard InChI is InChI=1S/C18H27N5O2S.2ClH/c24-17(13-15-14-26-12-7-19-15)21-6-4-18(25)23-10-8-22(9-11-23)16-3-1-2-5-20-16;;/h1-3,5,15,19H,4,6-14H2,(H,21,24);2*1H. The van der Waals surface area contributed by atoms with Gasteiger partial charge in [0.25, 0.3) is 0 Å². The smallest absolute Gasteiger partial charge is 0.224 e. The molecule has 1 aromatic heterocycles. The van der Waals surface area contributed by atoms with Gasteiger partial charge in [0.2, 0.25) is 11.8 Å². The molecule has 0 saturated carbocycles. The van der Waals surface area contributed by atoms with Crippen molar-refractivity contribution >= 4 is 54.2 Å². The lowest BCUT2D eigenvalue weighted by molar-refractivity contribution is -0.131. The van der Waals surface area contributed by atoms with Gasteiger partial charge in [-0.05, 0) is 12.1 Å². The lowest BCUT2D eigenvalue weighted by Gasteiger charge is -2.35. The van der Waals surface area contributed by atoms with E-state index in [1.807, 2.05) is 34.9 Å². The number of anilines is 1. The first-order valence-electron chi connectivity index (χ1n) is 9.24. The molecule has 10 heteroatoms. The summed E-state index contributed by atoms with van der Waals surface area (Å²) in [6, 6.07) is 6.13. The number of halogens is 2. The summed E-state index contributed by atoms with van der Waals surface area (Å²) in [5.74, 6) is 3.18. The zero-order valence-electron chi connectivity index (χ0n) is 15.8. The molecule has 2 saturated heterocycles. The van der Waals surface area contributed by atoms with Crippen LogP contribution in [0.1, 0.15) is 12.8 Å². The number of hydrogen-bond donors (Lipinski definition) is 2. The summed E-state index contributed by atoms with van der Waals surface area (Å²) in [6.45, 7) is 4.36. The minimum Gasteiger partial charge on any atom is -0.356 e. The number of pyridine rings is 1. The number of amides is 2. The van der Waals surface area contributed by atoms with E-state index in [-0.39, 0.29) is 42.7 Å². The lowest BCUT2D eigenvalue weighted by Crippen LogP contribution is -2.49. The third kappa shape index (κ3) is 7.66. The van der Waals surface area contributed by atoms with E-state index in [1.54, 1.807) is 6.20 Å². The molecule has 0 radical (unpaired) electrons. The third-order valence-corrected chi connectivity index (χ3v) is 5.83. The fourth-order valence-corrected chi connectivity index (χ4v) is 4.19. The Hall–Kier alpha value is -1.22. The van der Waals surface area contributed by atoms with Crippen LogP contribution in [0.3, 0.4) is 0 Å². The molecule has 2 aliphatic heterocycles. The van der Waals surface area contributed by atoms with Crippen molar-refractivity contribution in [3.63, 3.8) is 0 Å². The first-order chi connectivity index (χ1) is 12.7. The molecular formula is C18H29Cl2N5O2S. The van der Waals surface area contributed by atoms with Crippen LogP contribution < -0.4 is 15.5 Å². The highest BCUT2D eigenvalue weighted by Gasteiger charge is 2.22. The molecule has 158 valence electrons. The molecule has 3 heterocycles. The summed E-state index contributed by atoms with van der Waals surface area (Å²) in [6.07, 6.45) is 2.64. The molecule has 1 aromatic rings. The molecule has 0 spiro atoms. The average Bonchev–Trinajstić information content (AvgIpc) is 2.69. The van der Waals surface area contributed by atoms with E-state index >= 15 is 0 Å². The van der Waals surface area contributed by atoms with Crippen LogP contribution in [0.15, 0.2) is 24.4 Å². The monoisotopic (exact) mass is 449 g/mol. The fraction of sp³-hybridized carbons (Fsp3) is 0.611. The van der Waals surface area contributed by atoms with E-state index in [0.29, 0.717) is 32.5 Å². The number of piperazine rings is 1. The molecule has 0 aliphatic carbocycles. The predicted octanol–water partition coefficient (Wildman–Crippen LogP) is 1.18. The minimum atomic E-state index is 0. The van der Waals surface area contributed by atoms with Gasteiger partial charge < -0.3 is 20.4 Å². The molecule has 2 amide bonds. The molecule has 28 heavy (non-hydrogen) atoms. The predicted molar refractivity (Wildman–Crippen MR) is 119 cm³/mol. The first-order valence-corrected chi connectivity index (χ1v) is 10.4. The van der Waals surface area contributed by atoms with Crippen molar-refractivity contribution in [3.8, 4) is 0 Å². The van der Waals surface area contributed by atoms with Crippen LogP contribution in [-0.2, 0) is 9.59 Å². The fourth-order valence-electron chi connectivity index (χ4n) is 3.24. The van der Waals surface area contributed by atoms with Gasteiger partial charge in [0, 0.05) is 75.9 Å².